The van der Waals surface area contributed by atoms with E-state index in [4.69, 9.17) is 26.7 Å². The van der Waals surface area contributed by atoms with Crippen molar-refractivity contribution in [1.29, 1.82) is 0 Å². The van der Waals surface area contributed by atoms with Gasteiger partial charge < -0.3 is 41.6 Å². The molecule has 8 rings (SSSR count). The maximum atomic E-state index is 9.82. The van der Waals surface area contributed by atoms with Crippen molar-refractivity contribution in [1.82, 2.24) is 25.1 Å². The molecule has 8 N–H and O–H groups in total. The summed E-state index contributed by atoms with van der Waals surface area (Å²) in [7, 11) is 6.55. The molecule has 0 radical (unpaired) electrons. The van der Waals surface area contributed by atoms with E-state index < -0.39 is 0 Å². The average molecular weight is 771 g/mol. The summed E-state index contributed by atoms with van der Waals surface area (Å²) >= 11 is 0. The number of carbonyl (C=O) groups is 2. The van der Waals surface area contributed by atoms with Crippen LogP contribution >= 0.6 is 0 Å². The van der Waals surface area contributed by atoms with Crippen LogP contribution in [-0.2, 0) is 9.59 Å². The number of nitrogens with two attached hydrogens (primary N) is 2. The number of aliphatic imine (C=N–C) groups is 1. The Morgan fingerprint density at radius 1 is 0.929 bits per heavy atom. The molecule has 12 nitrogen and oxygen atoms in total. The molecule has 3 saturated carbocycles. The third-order valence-corrected chi connectivity index (χ3v) is 12.3. The van der Waals surface area contributed by atoms with Crippen LogP contribution in [0.25, 0.3) is 28.1 Å². The van der Waals surface area contributed by atoms with Crippen LogP contribution in [0.2, 0.25) is 0 Å². The quantitative estimate of drug-likeness (QED) is 0.114. The molecule has 3 heterocycles. The largest absolute Gasteiger partial charge is 0.400 e. The van der Waals surface area contributed by atoms with Crippen molar-refractivity contribution >= 4 is 25.0 Å². The minimum atomic E-state index is -0.389. The van der Waals surface area contributed by atoms with Gasteiger partial charge in [0, 0.05) is 45.1 Å². The van der Waals surface area contributed by atoms with Crippen LogP contribution in [0.1, 0.15) is 82.6 Å². The molecular weight excluding hydrogens is 705 g/mol. The Balaban J connectivity index is 0.000000345. The predicted molar refractivity (Wildman–Crippen MR) is 227 cm³/mol. The minimum absolute atomic E-state index is 0.275. The number of benzene rings is 2. The van der Waals surface area contributed by atoms with Gasteiger partial charge in [0.05, 0.1) is 35.2 Å². The number of aromatic amines is 1. The molecule has 7 atom stereocenters. The third kappa shape index (κ3) is 10.9. The van der Waals surface area contributed by atoms with Crippen LogP contribution in [-0.4, -0.2) is 114 Å². The van der Waals surface area contributed by atoms with Crippen LogP contribution in [0.3, 0.4) is 0 Å². The number of likely N-dealkylation sites (tertiary alicyclic amines) is 2. The summed E-state index contributed by atoms with van der Waals surface area (Å²) in [5, 5.41) is 17.7. The molecule has 5 fully saturated rings. The maximum absolute atomic E-state index is 9.82. The molecule has 2 aliphatic heterocycles. The maximum Gasteiger partial charge on any atom is 0.139 e. The van der Waals surface area contributed by atoms with Gasteiger partial charge in [-0.05, 0) is 112 Å². The summed E-state index contributed by atoms with van der Waals surface area (Å²) in [6.45, 7) is 8.49. The van der Waals surface area contributed by atoms with Crippen molar-refractivity contribution < 1.29 is 19.8 Å². The molecule has 0 amide bonds. The molecule has 5 aliphatic rings. The zero-order valence-electron chi connectivity index (χ0n) is 34.3. The number of aliphatic hydroxyl groups is 2. The van der Waals surface area contributed by atoms with Gasteiger partial charge in [0.25, 0.3) is 0 Å². The lowest BCUT2D eigenvalue weighted by Crippen LogP contribution is -2.43. The van der Waals surface area contributed by atoms with E-state index in [1.165, 1.54) is 55.2 Å². The number of nitrogens with one attached hydrogen (secondary N) is 2. The van der Waals surface area contributed by atoms with E-state index in [2.05, 4.69) is 94.4 Å². The molecule has 306 valence electrons. The average Bonchev–Trinajstić information content (AvgIpc) is 3.85. The van der Waals surface area contributed by atoms with E-state index in [1.807, 2.05) is 26.2 Å². The van der Waals surface area contributed by atoms with Crippen molar-refractivity contribution in [2.24, 2.45) is 34.2 Å². The first kappa shape index (κ1) is 44.7. The highest BCUT2D eigenvalue weighted by Gasteiger charge is 2.46. The minimum Gasteiger partial charge on any atom is -0.400 e. The molecule has 3 aliphatic carbocycles. The topological polar surface area (TPSA) is 186 Å². The lowest BCUT2D eigenvalue weighted by molar-refractivity contribution is -0.110. The van der Waals surface area contributed by atoms with Crippen LogP contribution < -0.4 is 16.8 Å². The summed E-state index contributed by atoms with van der Waals surface area (Å²) in [6.07, 6.45) is 15.3. The SMILES string of the molecule is C=N/C=C(\NCC1C2CCC(C2)N1C)c1ccc(-c2ccc(-c3cnc(C4C5CCC(C5)N4C)[nH]3)cc2)cc1.CC(C)C(N)C=O.CO.CO.NC1(C=O)CC1. The van der Waals surface area contributed by atoms with E-state index in [0.29, 0.717) is 12.1 Å². The van der Waals surface area contributed by atoms with Crippen molar-refractivity contribution in [2.75, 3.05) is 34.9 Å². The summed E-state index contributed by atoms with van der Waals surface area (Å²) in [5.74, 6) is 2.97. The summed E-state index contributed by atoms with van der Waals surface area (Å²) in [5.41, 5.74) is 17.0. The fraction of sp³-hybridized carbons (Fsp3) is 0.545. The number of fused-ring (bicyclic) bond motifs is 4. The number of carbonyl (C=O) groups excluding carboxylic acids is 2. The van der Waals surface area contributed by atoms with Crippen molar-refractivity contribution in [2.45, 2.75) is 101 Å². The number of aliphatic hydroxyl groups excluding tert-OH is 2. The van der Waals surface area contributed by atoms with Crippen LogP contribution in [0.5, 0.6) is 0 Å². The normalized spacial score (nSPS) is 25.9. The second kappa shape index (κ2) is 20.9. The highest BCUT2D eigenvalue weighted by atomic mass is 16.2. The summed E-state index contributed by atoms with van der Waals surface area (Å²) < 4.78 is 0. The molecular formula is C44H66N8O4. The fourth-order valence-electron chi connectivity index (χ4n) is 8.51. The number of aromatic nitrogens is 2. The van der Waals surface area contributed by atoms with E-state index in [-0.39, 0.29) is 17.5 Å². The Morgan fingerprint density at radius 3 is 1.93 bits per heavy atom. The first-order valence-electron chi connectivity index (χ1n) is 20.0. The first-order chi connectivity index (χ1) is 27.0. The number of piperidine rings is 2. The second-order valence-electron chi connectivity index (χ2n) is 16.0. The second-order valence-corrected chi connectivity index (χ2v) is 16.0. The Hall–Kier alpha value is -4.04. The summed E-state index contributed by atoms with van der Waals surface area (Å²) in [4.78, 5) is 37.2. The van der Waals surface area contributed by atoms with E-state index >= 15 is 0 Å². The van der Waals surface area contributed by atoms with Gasteiger partial charge in [-0.15, -0.1) is 0 Å². The Morgan fingerprint density at radius 2 is 1.48 bits per heavy atom. The third-order valence-electron chi connectivity index (χ3n) is 12.3. The number of aldehydes is 2. The fourth-order valence-corrected chi connectivity index (χ4v) is 8.51. The Labute approximate surface area is 333 Å². The van der Waals surface area contributed by atoms with E-state index in [9.17, 15) is 9.59 Å². The van der Waals surface area contributed by atoms with E-state index in [1.54, 1.807) is 0 Å². The highest BCUT2D eigenvalue weighted by molar-refractivity contribution is 5.72. The lowest BCUT2D eigenvalue weighted by Gasteiger charge is -2.32. The number of imidazole rings is 1. The Bertz CT molecular complexity index is 1700. The van der Waals surface area contributed by atoms with Crippen LogP contribution in [0.4, 0.5) is 0 Å². The molecule has 7 unspecified atom stereocenters. The number of hydrogen-bond acceptors (Lipinski definition) is 11. The zero-order valence-corrected chi connectivity index (χ0v) is 34.3. The number of nitrogens with zero attached hydrogens (tertiary/aromatic N) is 4. The Kier molecular flexibility index (Phi) is 16.7. The standard InChI is InChI=1S/C33H40N6.C5H11NO.C4H7NO.2CH4O/c1-34-18-29(35-20-31-25-12-14-27(16-25)38(31)2)23-8-4-21(5-9-23)22-6-10-24(11-7-22)30-19-36-33(37-30)32-26-13-15-28(17-26)39(32)3;1-4(2)5(6)3-7;5-4(3-6)1-2-4;2*1-2/h4-11,18-19,25-28,31-32,35H,1,12-17,20H2,2-3H3,(H,36,37);3-5H,6H2,1-2H3;3H,1-2,5H2;2*2H,1H3/b29-18-;;;;. The molecule has 0 spiro atoms. The van der Waals surface area contributed by atoms with Gasteiger partial charge >= 0.3 is 0 Å². The number of hydrogen-bond donors (Lipinski definition) is 6. The molecule has 56 heavy (non-hydrogen) atoms. The highest BCUT2D eigenvalue weighted by Crippen LogP contribution is 2.48. The smallest absolute Gasteiger partial charge is 0.139 e. The van der Waals surface area contributed by atoms with E-state index in [0.717, 1.165) is 92.9 Å². The van der Waals surface area contributed by atoms with Crippen LogP contribution in [0, 0.1) is 17.8 Å². The van der Waals surface area contributed by atoms with Crippen molar-refractivity contribution in [3.05, 3.63) is 72.3 Å². The van der Waals surface area contributed by atoms with Crippen molar-refractivity contribution in [3.8, 4) is 22.4 Å². The monoisotopic (exact) mass is 771 g/mol. The molecule has 12 heteroatoms. The number of rotatable bonds is 11. The number of H-pyrrole nitrogens is 1. The summed E-state index contributed by atoms with van der Waals surface area (Å²) in [6, 6.07) is 19.9. The number of likely N-dealkylation sites (N-methyl/N-ethyl adjacent to an activating group) is 1. The lowest BCUT2D eigenvalue weighted by atomic mass is 9.98. The molecule has 2 saturated heterocycles. The van der Waals surface area contributed by atoms with Crippen LogP contribution in [0.15, 0.2) is 65.9 Å². The molecule has 3 aromatic rings. The first-order valence-corrected chi connectivity index (χ1v) is 20.0. The zero-order chi connectivity index (χ0) is 41.0. The van der Waals surface area contributed by atoms with Gasteiger partial charge in [-0.2, -0.15) is 0 Å². The van der Waals surface area contributed by atoms with Gasteiger partial charge in [0.15, 0.2) is 0 Å². The van der Waals surface area contributed by atoms with Gasteiger partial charge in [-0.1, -0.05) is 62.4 Å². The predicted octanol–water partition coefficient (Wildman–Crippen LogP) is 5.03. The van der Waals surface area contributed by atoms with Gasteiger partial charge in [0.1, 0.15) is 18.4 Å². The molecule has 2 aromatic carbocycles. The molecule has 1 aromatic heterocycles. The van der Waals surface area contributed by atoms with Gasteiger partial charge in [-0.3, -0.25) is 14.8 Å². The molecule has 4 bridgehead atoms. The van der Waals surface area contributed by atoms with Gasteiger partial charge in [-0.25, -0.2) is 4.98 Å². The van der Waals surface area contributed by atoms with Gasteiger partial charge in [0.2, 0.25) is 0 Å². The van der Waals surface area contributed by atoms with Crippen molar-refractivity contribution in [3.63, 3.8) is 0 Å².